The van der Waals surface area contributed by atoms with Crippen LogP contribution in [0.2, 0.25) is 0 Å². The lowest BCUT2D eigenvalue weighted by atomic mass is 10.1. The fraction of sp³-hybridized carbons (Fsp3) is 0.273. The number of aromatic nitrogens is 2. The number of fused-ring (bicyclic) bond motifs is 1. The van der Waals surface area contributed by atoms with E-state index in [0.717, 1.165) is 0 Å². The number of carbonyl (C=O) groups excluding carboxylic acids is 2. The second-order valence-corrected chi connectivity index (χ2v) is 10.0. The van der Waals surface area contributed by atoms with Crippen LogP contribution in [0, 0.1) is 5.92 Å². The fourth-order valence-corrected chi connectivity index (χ4v) is 5.65. The van der Waals surface area contributed by atoms with Crippen molar-refractivity contribution in [2.24, 2.45) is 5.92 Å². The molecule has 1 saturated heterocycles. The van der Waals surface area contributed by atoms with Crippen molar-refractivity contribution in [2.75, 3.05) is 11.5 Å². The Kier molecular flexibility index (Phi) is 6.04. The van der Waals surface area contributed by atoms with Gasteiger partial charge in [-0.3, -0.25) is 29.8 Å². The van der Waals surface area contributed by atoms with Crippen LogP contribution in [0.25, 0.3) is 22.3 Å². The summed E-state index contributed by atoms with van der Waals surface area (Å²) in [5.41, 5.74) is 5.44. The van der Waals surface area contributed by atoms with Gasteiger partial charge in [0.25, 0.3) is 11.5 Å². The van der Waals surface area contributed by atoms with Gasteiger partial charge < -0.3 is 0 Å². The Labute approximate surface area is 184 Å². The zero-order valence-corrected chi connectivity index (χ0v) is 18.0. The predicted molar refractivity (Wildman–Crippen MR) is 119 cm³/mol. The summed E-state index contributed by atoms with van der Waals surface area (Å²) in [6, 6.07) is 15.9. The van der Waals surface area contributed by atoms with Crippen LogP contribution in [0.5, 0.6) is 0 Å². The molecule has 4 rings (SSSR count). The summed E-state index contributed by atoms with van der Waals surface area (Å²) in [5.74, 6) is -0.938. The van der Waals surface area contributed by atoms with E-state index in [1.165, 1.54) is 4.57 Å². The highest BCUT2D eigenvalue weighted by Crippen LogP contribution is 2.21. The molecule has 3 aromatic rings. The summed E-state index contributed by atoms with van der Waals surface area (Å²) in [5, 5.41) is 0.381. The lowest BCUT2D eigenvalue weighted by Gasteiger charge is -2.14. The monoisotopic (exact) mass is 454 g/mol. The Bertz CT molecular complexity index is 1340. The highest BCUT2D eigenvalue weighted by Gasteiger charge is 2.29. The van der Waals surface area contributed by atoms with Gasteiger partial charge in [-0.05, 0) is 24.5 Å². The van der Waals surface area contributed by atoms with E-state index in [-0.39, 0.29) is 35.9 Å². The van der Waals surface area contributed by atoms with Gasteiger partial charge in [0.2, 0.25) is 5.91 Å². The second kappa shape index (κ2) is 8.91. The number of hydrazine groups is 1. The molecular weight excluding hydrogens is 432 g/mol. The Hall–Kier alpha value is -3.53. The number of carbonyl (C=O) groups is 2. The molecule has 1 atom stereocenters. The minimum atomic E-state index is -3.08. The molecule has 1 aromatic heterocycles. The average Bonchev–Trinajstić information content (AvgIpc) is 3.12. The van der Waals surface area contributed by atoms with E-state index in [4.69, 9.17) is 0 Å². The summed E-state index contributed by atoms with van der Waals surface area (Å²) in [4.78, 5) is 42.3. The third-order valence-electron chi connectivity index (χ3n) is 5.34. The fourth-order valence-electron chi connectivity index (χ4n) is 3.79. The summed E-state index contributed by atoms with van der Waals surface area (Å²) < 4.78 is 24.3. The molecule has 0 unspecified atom stereocenters. The number of sulfone groups is 1. The van der Waals surface area contributed by atoms with Crippen molar-refractivity contribution in [3.05, 3.63) is 65.0 Å². The Morgan fingerprint density at radius 2 is 1.69 bits per heavy atom. The molecule has 1 fully saturated rings. The van der Waals surface area contributed by atoms with Crippen molar-refractivity contribution in [3.8, 4) is 11.4 Å². The third kappa shape index (κ3) is 4.86. The van der Waals surface area contributed by atoms with Crippen molar-refractivity contribution in [2.45, 2.75) is 19.4 Å². The molecule has 0 saturated carbocycles. The van der Waals surface area contributed by atoms with Crippen molar-refractivity contribution in [1.29, 1.82) is 0 Å². The first-order valence-corrected chi connectivity index (χ1v) is 12.0. The minimum Gasteiger partial charge on any atom is -0.283 e. The molecule has 10 heteroatoms. The Morgan fingerprint density at radius 1 is 1.00 bits per heavy atom. The van der Waals surface area contributed by atoms with Crippen LogP contribution >= 0.6 is 0 Å². The van der Waals surface area contributed by atoms with Crippen molar-refractivity contribution < 1.29 is 18.0 Å². The molecule has 2 heterocycles. The van der Waals surface area contributed by atoms with Gasteiger partial charge in [0.1, 0.15) is 12.4 Å². The van der Waals surface area contributed by atoms with Crippen molar-refractivity contribution >= 4 is 32.6 Å². The normalized spacial score (nSPS) is 17.2. The number of nitrogens with one attached hydrogen (secondary N) is 2. The van der Waals surface area contributed by atoms with Crippen molar-refractivity contribution in [3.63, 3.8) is 0 Å². The molecule has 2 aromatic carbocycles. The molecule has 0 spiro atoms. The first-order chi connectivity index (χ1) is 15.3. The van der Waals surface area contributed by atoms with Crippen LogP contribution < -0.4 is 16.4 Å². The van der Waals surface area contributed by atoms with Gasteiger partial charge in [-0.15, -0.1) is 0 Å². The van der Waals surface area contributed by atoms with E-state index < -0.39 is 21.7 Å². The molecular formula is C22H22N4O5S. The van der Waals surface area contributed by atoms with Crippen LogP contribution in [0.3, 0.4) is 0 Å². The molecule has 2 N–H and O–H groups in total. The highest BCUT2D eigenvalue weighted by atomic mass is 32.2. The lowest BCUT2D eigenvalue weighted by molar-refractivity contribution is -0.129. The van der Waals surface area contributed by atoms with E-state index in [2.05, 4.69) is 15.8 Å². The molecule has 2 amide bonds. The van der Waals surface area contributed by atoms with E-state index >= 15 is 0 Å². The number of hydrogen-bond donors (Lipinski definition) is 2. The predicted octanol–water partition coefficient (Wildman–Crippen LogP) is 1.04. The van der Waals surface area contributed by atoms with E-state index in [0.29, 0.717) is 28.7 Å². The van der Waals surface area contributed by atoms with E-state index in [1.807, 2.05) is 18.2 Å². The maximum absolute atomic E-state index is 13.1. The maximum atomic E-state index is 13.1. The number of hydrogen-bond acceptors (Lipinski definition) is 6. The molecule has 0 radical (unpaired) electrons. The van der Waals surface area contributed by atoms with Gasteiger partial charge in [0.15, 0.2) is 9.84 Å². The summed E-state index contributed by atoms with van der Waals surface area (Å²) >= 11 is 0. The van der Waals surface area contributed by atoms with Crippen LogP contribution in [0.15, 0.2) is 59.4 Å². The number of para-hydroxylation sites is 1. The minimum absolute atomic E-state index is 0.00620. The molecule has 9 nitrogen and oxygen atoms in total. The standard InChI is InChI=1S/C22H22N4O5S/c27-19(12-15-10-11-32(30,31)14-15)24-25-20(28)13-26-21(16-6-2-1-3-7-16)23-18-9-5-4-8-17(18)22(26)29/h1-9,15H,10-14H2,(H,24,27)(H,25,28)/t15-/m1/s1. The Morgan fingerprint density at radius 3 is 2.41 bits per heavy atom. The highest BCUT2D eigenvalue weighted by molar-refractivity contribution is 7.91. The first-order valence-electron chi connectivity index (χ1n) is 10.2. The largest absolute Gasteiger partial charge is 0.283 e. The zero-order chi connectivity index (χ0) is 22.7. The molecule has 0 aliphatic carbocycles. The molecule has 166 valence electrons. The molecule has 1 aliphatic rings. The van der Waals surface area contributed by atoms with Crippen LogP contribution in [-0.4, -0.2) is 41.3 Å². The molecule has 32 heavy (non-hydrogen) atoms. The van der Waals surface area contributed by atoms with E-state index in [9.17, 15) is 22.8 Å². The van der Waals surface area contributed by atoms with Crippen LogP contribution in [0.4, 0.5) is 0 Å². The van der Waals surface area contributed by atoms with Gasteiger partial charge in [0.05, 0.1) is 22.4 Å². The third-order valence-corrected chi connectivity index (χ3v) is 7.17. The number of amides is 2. The van der Waals surface area contributed by atoms with Gasteiger partial charge in [-0.2, -0.15) is 0 Å². The van der Waals surface area contributed by atoms with Crippen molar-refractivity contribution in [1.82, 2.24) is 20.4 Å². The summed E-state index contributed by atoms with van der Waals surface area (Å²) in [6.07, 6.45) is 0.439. The number of rotatable bonds is 5. The number of benzene rings is 2. The first kappa shape index (κ1) is 21.7. The van der Waals surface area contributed by atoms with Gasteiger partial charge >= 0.3 is 0 Å². The lowest BCUT2D eigenvalue weighted by Crippen LogP contribution is -2.45. The Balaban J connectivity index is 1.50. The van der Waals surface area contributed by atoms with Crippen LogP contribution in [-0.2, 0) is 26.0 Å². The van der Waals surface area contributed by atoms with Gasteiger partial charge in [0, 0.05) is 12.0 Å². The number of nitrogens with zero attached hydrogens (tertiary/aromatic N) is 2. The topological polar surface area (TPSA) is 127 Å². The summed E-state index contributed by atoms with van der Waals surface area (Å²) in [6.45, 7) is -0.348. The van der Waals surface area contributed by atoms with Gasteiger partial charge in [-0.1, -0.05) is 42.5 Å². The SMILES string of the molecule is O=C(C[C@H]1CCS(=O)(=O)C1)NNC(=O)Cn1c(-c2ccccc2)nc2ccccc2c1=O. The van der Waals surface area contributed by atoms with Crippen LogP contribution in [0.1, 0.15) is 12.8 Å². The molecule has 1 aliphatic heterocycles. The van der Waals surface area contributed by atoms with Gasteiger partial charge in [-0.25, -0.2) is 13.4 Å². The summed E-state index contributed by atoms with van der Waals surface area (Å²) in [7, 11) is -3.08. The average molecular weight is 455 g/mol. The zero-order valence-electron chi connectivity index (χ0n) is 17.2. The molecule has 0 bridgehead atoms. The van der Waals surface area contributed by atoms with E-state index in [1.54, 1.807) is 36.4 Å². The second-order valence-electron chi connectivity index (χ2n) is 7.78. The maximum Gasteiger partial charge on any atom is 0.262 e. The quantitative estimate of drug-likeness (QED) is 0.555. The smallest absolute Gasteiger partial charge is 0.262 e.